The van der Waals surface area contributed by atoms with Gasteiger partial charge in [0.2, 0.25) is 5.88 Å². The van der Waals surface area contributed by atoms with Gasteiger partial charge in [-0.05, 0) is 49.9 Å². The number of hydrogen-bond donors (Lipinski definition) is 1. The molecule has 1 aliphatic heterocycles. The van der Waals surface area contributed by atoms with Crippen molar-refractivity contribution in [3.05, 3.63) is 35.7 Å². The van der Waals surface area contributed by atoms with E-state index < -0.39 is 0 Å². The number of ether oxygens (including phenoxy) is 1. The molecule has 0 atom stereocenters. The quantitative estimate of drug-likeness (QED) is 0.932. The highest BCUT2D eigenvalue weighted by atomic mass is 16.5. The van der Waals surface area contributed by atoms with E-state index in [-0.39, 0.29) is 0 Å². The molecule has 0 radical (unpaired) electrons. The highest BCUT2D eigenvalue weighted by Crippen LogP contribution is 2.32. The lowest BCUT2D eigenvalue weighted by Crippen LogP contribution is -2.26. The van der Waals surface area contributed by atoms with Crippen molar-refractivity contribution >= 4 is 11.5 Å². The Hall–Kier alpha value is -2.30. The van der Waals surface area contributed by atoms with Gasteiger partial charge < -0.3 is 15.4 Å². The molecule has 0 unspecified atom stereocenters. The van der Waals surface area contributed by atoms with Gasteiger partial charge in [0.25, 0.3) is 0 Å². The maximum atomic E-state index is 6.29. The van der Waals surface area contributed by atoms with E-state index in [1.54, 1.807) is 0 Å². The van der Waals surface area contributed by atoms with Crippen LogP contribution in [-0.2, 0) is 0 Å². The minimum atomic E-state index is 0.433. The first-order valence-corrected chi connectivity index (χ1v) is 8.25. The standard InChI is InChI=1S/C18H24N4O/c1-13-7-8-15(11-14(13)2)23-18-16(19)17(20-12-21-18)22-9-5-3-4-6-10-22/h7-8,11-12H,3-6,9-10,19H2,1-2H3. The fourth-order valence-electron chi connectivity index (χ4n) is 2.88. The van der Waals surface area contributed by atoms with Crippen molar-refractivity contribution in [1.82, 2.24) is 9.97 Å². The SMILES string of the molecule is Cc1ccc(Oc2ncnc(N3CCCCCC3)c2N)cc1C. The van der Waals surface area contributed by atoms with Gasteiger partial charge >= 0.3 is 0 Å². The molecule has 5 heteroatoms. The summed E-state index contributed by atoms with van der Waals surface area (Å²) in [5.41, 5.74) is 9.23. The molecule has 2 N–H and O–H groups in total. The third kappa shape index (κ3) is 3.55. The number of aryl methyl sites for hydroxylation is 2. The second-order valence-electron chi connectivity index (χ2n) is 6.17. The van der Waals surface area contributed by atoms with Crippen LogP contribution in [0.4, 0.5) is 11.5 Å². The third-order valence-electron chi connectivity index (χ3n) is 4.42. The fourth-order valence-corrected chi connectivity index (χ4v) is 2.88. The largest absolute Gasteiger partial charge is 0.437 e. The number of nitrogens with zero attached hydrogens (tertiary/aromatic N) is 3. The minimum Gasteiger partial charge on any atom is -0.437 e. The first-order chi connectivity index (χ1) is 11.1. The molecule has 1 fully saturated rings. The number of nitrogens with two attached hydrogens (primary N) is 1. The highest BCUT2D eigenvalue weighted by molar-refractivity contribution is 5.68. The van der Waals surface area contributed by atoms with Crippen molar-refractivity contribution in [2.24, 2.45) is 0 Å². The van der Waals surface area contributed by atoms with E-state index in [2.05, 4.69) is 28.7 Å². The molecule has 0 spiro atoms. The van der Waals surface area contributed by atoms with Crippen molar-refractivity contribution in [3.8, 4) is 11.6 Å². The van der Waals surface area contributed by atoms with E-state index in [4.69, 9.17) is 10.5 Å². The third-order valence-corrected chi connectivity index (χ3v) is 4.42. The van der Waals surface area contributed by atoms with Crippen LogP contribution in [0.5, 0.6) is 11.6 Å². The average molecular weight is 312 g/mol. The van der Waals surface area contributed by atoms with Crippen LogP contribution in [0.2, 0.25) is 0 Å². The molecule has 0 amide bonds. The van der Waals surface area contributed by atoms with Crippen LogP contribution < -0.4 is 15.4 Å². The monoisotopic (exact) mass is 312 g/mol. The minimum absolute atomic E-state index is 0.433. The van der Waals surface area contributed by atoms with E-state index in [1.807, 2.05) is 18.2 Å². The molecule has 23 heavy (non-hydrogen) atoms. The lowest BCUT2D eigenvalue weighted by Gasteiger charge is -2.23. The molecule has 0 saturated carbocycles. The van der Waals surface area contributed by atoms with Crippen LogP contribution in [0.15, 0.2) is 24.5 Å². The summed E-state index contributed by atoms with van der Waals surface area (Å²) < 4.78 is 5.90. The summed E-state index contributed by atoms with van der Waals surface area (Å²) in [4.78, 5) is 10.9. The Labute approximate surface area is 137 Å². The van der Waals surface area contributed by atoms with Gasteiger partial charge in [-0.1, -0.05) is 18.9 Å². The smallest absolute Gasteiger partial charge is 0.248 e. The first kappa shape index (κ1) is 15.6. The molecule has 2 aromatic rings. The summed E-state index contributed by atoms with van der Waals surface area (Å²) in [6, 6.07) is 5.98. The van der Waals surface area contributed by atoms with Crippen molar-refractivity contribution in [3.63, 3.8) is 0 Å². The first-order valence-electron chi connectivity index (χ1n) is 8.25. The number of aromatic nitrogens is 2. The van der Waals surface area contributed by atoms with E-state index in [9.17, 15) is 0 Å². The van der Waals surface area contributed by atoms with Crippen LogP contribution in [0.1, 0.15) is 36.8 Å². The van der Waals surface area contributed by atoms with Gasteiger partial charge in [-0.2, -0.15) is 4.98 Å². The van der Waals surface area contributed by atoms with Gasteiger partial charge in [-0.15, -0.1) is 0 Å². The fraction of sp³-hybridized carbons (Fsp3) is 0.444. The maximum absolute atomic E-state index is 6.29. The van der Waals surface area contributed by atoms with Crippen molar-refractivity contribution in [2.75, 3.05) is 23.7 Å². The Morgan fingerprint density at radius 3 is 2.43 bits per heavy atom. The Morgan fingerprint density at radius 1 is 1.00 bits per heavy atom. The van der Waals surface area contributed by atoms with E-state index in [0.717, 1.165) is 24.7 Å². The van der Waals surface area contributed by atoms with Crippen LogP contribution in [0, 0.1) is 13.8 Å². The zero-order chi connectivity index (χ0) is 16.2. The van der Waals surface area contributed by atoms with E-state index in [0.29, 0.717) is 11.6 Å². The zero-order valence-corrected chi connectivity index (χ0v) is 13.9. The van der Waals surface area contributed by atoms with Gasteiger partial charge in [0.15, 0.2) is 5.82 Å². The lowest BCUT2D eigenvalue weighted by atomic mass is 10.1. The predicted octanol–water partition coefficient (Wildman–Crippen LogP) is 3.85. The number of benzene rings is 1. The summed E-state index contributed by atoms with van der Waals surface area (Å²) in [6.07, 6.45) is 6.43. The second-order valence-corrected chi connectivity index (χ2v) is 6.17. The van der Waals surface area contributed by atoms with Crippen molar-refractivity contribution < 1.29 is 4.74 Å². The van der Waals surface area contributed by atoms with Gasteiger partial charge in [0.05, 0.1) is 0 Å². The van der Waals surface area contributed by atoms with Crippen molar-refractivity contribution in [2.45, 2.75) is 39.5 Å². The summed E-state index contributed by atoms with van der Waals surface area (Å²) in [5, 5.41) is 0. The summed E-state index contributed by atoms with van der Waals surface area (Å²) in [6.45, 7) is 6.12. The second kappa shape index (κ2) is 6.86. The average Bonchev–Trinajstić information content (AvgIpc) is 2.82. The van der Waals surface area contributed by atoms with Gasteiger partial charge in [-0.3, -0.25) is 0 Å². The molecule has 1 aromatic heterocycles. The van der Waals surface area contributed by atoms with Gasteiger partial charge in [0, 0.05) is 13.1 Å². The van der Waals surface area contributed by atoms with E-state index in [1.165, 1.54) is 43.1 Å². The summed E-state index contributed by atoms with van der Waals surface area (Å²) in [7, 11) is 0. The normalized spacial score (nSPS) is 15.3. The molecule has 122 valence electrons. The van der Waals surface area contributed by atoms with Crippen LogP contribution >= 0.6 is 0 Å². The molecule has 3 rings (SSSR count). The maximum Gasteiger partial charge on any atom is 0.248 e. The molecule has 0 bridgehead atoms. The summed E-state index contributed by atoms with van der Waals surface area (Å²) >= 11 is 0. The highest BCUT2D eigenvalue weighted by Gasteiger charge is 2.17. The van der Waals surface area contributed by atoms with Crippen LogP contribution in [0.25, 0.3) is 0 Å². The van der Waals surface area contributed by atoms with Crippen molar-refractivity contribution in [1.29, 1.82) is 0 Å². The molecule has 1 aliphatic rings. The van der Waals surface area contributed by atoms with Crippen LogP contribution in [0.3, 0.4) is 0 Å². The number of nitrogen functional groups attached to an aromatic ring is 1. The Balaban J connectivity index is 1.85. The number of hydrogen-bond acceptors (Lipinski definition) is 5. The Morgan fingerprint density at radius 2 is 1.74 bits per heavy atom. The predicted molar refractivity (Wildman–Crippen MR) is 93.1 cm³/mol. The molecule has 1 aromatic carbocycles. The molecular formula is C18H24N4O. The van der Waals surface area contributed by atoms with Gasteiger partial charge in [-0.25, -0.2) is 4.98 Å². The lowest BCUT2D eigenvalue weighted by molar-refractivity contribution is 0.463. The molecule has 5 nitrogen and oxygen atoms in total. The molecular weight excluding hydrogens is 288 g/mol. The zero-order valence-electron chi connectivity index (χ0n) is 13.9. The topological polar surface area (TPSA) is 64.3 Å². The number of rotatable bonds is 3. The molecule has 1 saturated heterocycles. The Kier molecular flexibility index (Phi) is 4.65. The van der Waals surface area contributed by atoms with Gasteiger partial charge in [0.1, 0.15) is 17.8 Å². The molecule has 2 heterocycles. The van der Waals surface area contributed by atoms with E-state index >= 15 is 0 Å². The summed E-state index contributed by atoms with van der Waals surface area (Å²) in [5.74, 6) is 1.98. The van der Waals surface area contributed by atoms with Crippen LogP contribution in [-0.4, -0.2) is 23.1 Å². The number of anilines is 2. The molecule has 0 aliphatic carbocycles. The Bertz CT molecular complexity index is 679.